The van der Waals surface area contributed by atoms with Gasteiger partial charge in [-0.1, -0.05) is 0 Å². The van der Waals surface area contributed by atoms with Gasteiger partial charge in [0, 0.05) is 13.0 Å². The number of carboxylic acids is 1. The Bertz CT molecular complexity index is 304. The number of carbonyl (C=O) groups excluding carboxylic acids is 1. The fraction of sp³-hybridized carbons (Fsp3) is 0.600. The summed E-state index contributed by atoms with van der Waals surface area (Å²) in [6, 6.07) is -1.94. The molecule has 2 atom stereocenters. The molecule has 2 amide bonds. The molecule has 0 aliphatic heterocycles. The lowest BCUT2D eigenvalue weighted by molar-refractivity contribution is -0.141. The molecular weight excluding hydrogens is 212 g/mol. The van der Waals surface area contributed by atoms with Crippen LogP contribution in [0.2, 0.25) is 0 Å². The highest BCUT2D eigenvalue weighted by atomic mass is 16.4. The van der Waals surface area contributed by atoms with Gasteiger partial charge in [-0.2, -0.15) is 0 Å². The quantitative estimate of drug-likeness (QED) is 0.378. The number of aliphatic hydroxyl groups is 1. The molecule has 90 valence electrons. The lowest BCUT2D eigenvalue weighted by Gasteiger charge is -2.17. The summed E-state index contributed by atoms with van der Waals surface area (Å²) in [5.41, 5.74) is 0. The van der Waals surface area contributed by atoms with E-state index in [-0.39, 0.29) is 0 Å². The zero-order valence-electron chi connectivity index (χ0n) is 9.28. The highest BCUT2D eigenvalue weighted by Gasteiger charge is 2.24. The van der Waals surface area contributed by atoms with E-state index in [4.69, 9.17) is 10.2 Å². The SMILES string of the molecule is CC#CCCNC(=O)N[C@H](C(=O)O)[C@@H](C)O. The van der Waals surface area contributed by atoms with Crippen LogP contribution in [0.5, 0.6) is 0 Å². The van der Waals surface area contributed by atoms with Gasteiger partial charge in [-0.25, -0.2) is 9.59 Å². The molecule has 16 heavy (non-hydrogen) atoms. The molecule has 0 fully saturated rings. The maximum absolute atomic E-state index is 11.2. The van der Waals surface area contributed by atoms with Crippen molar-refractivity contribution >= 4 is 12.0 Å². The maximum atomic E-state index is 11.2. The minimum Gasteiger partial charge on any atom is -0.480 e. The standard InChI is InChI=1S/C10H16N2O4/c1-3-4-5-6-11-10(16)12-8(7(2)13)9(14)15/h7-8,13H,5-6H2,1-2H3,(H,14,15)(H2,11,12,16)/t7-,8+/m1/s1. The average Bonchev–Trinajstić information content (AvgIpc) is 2.20. The Morgan fingerprint density at radius 2 is 2.06 bits per heavy atom. The molecule has 0 spiro atoms. The summed E-state index contributed by atoms with van der Waals surface area (Å²) < 4.78 is 0. The summed E-state index contributed by atoms with van der Waals surface area (Å²) in [4.78, 5) is 21.8. The van der Waals surface area contributed by atoms with Crippen LogP contribution in [0.15, 0.2) is 0 Å². The molecule has 6 nitrogen and oxygen atoms in total. The topological polar surface area (TPSA) is 98.7 Å². The molecule has 0 heterocycles. The number of carboxylic acid groups (broad SMARTS) is 1. The van der Waals surface area contributed by atoms with E-state index in [0.717, 1.165) is 0 Å². The van der Waals surface area contributed by atoms with Gasteiger partial charge in [-0.05, 0) is 13.8 Å². The molecule has 0 saturated heterocycles. The van der Waals surface area contributed by atoms with E-state index >= 15 is 0 Å². The molecule has 0 aromatic rings. The van der Waals surface area contributed by atoms with Crippen molar-refractivity contribution in [1.82, 2.24) is 10.6 Å². The summed E-state index contributed by atoms with van der Waals surface area (Å²) in [6.45, 7) is 3.31. The maximum Gasteiger partial charge on any atom is 0.328 e. The van der Waals surface area contributed by atoms with Gasteiger partial charge in [0.05, 0.1) is 6.10 Å². The number of rotatable bonds is 5. The van der Waals surface area contributed by atoms with Crippen molar-refractivity contribution in [3.05, 3.63) is 0 Å². The Morgan fingerprint density at radius 3 is 2.50 bits per heavy atom. The van der Waals surface area contributed by atoms with Gasteiger partial charge >= 0.3 is 12.0 Å². The normalized spacial score (nSPS) is 12.9. The molecule has 0 rings (SSSR count). The van der Waals surface area contributed by atoms with Gasteiger partial charge in [0.1, 0.15) is 0 Å². The molecule has 0 aliphatic carbocycles. The van der Waals surface area contributed by atoms with Crippen molar-refractivity contribution in [2.45, 2.75) is 32.4 Å². The van der Waals surface area contributed by atoms with Crippen LogP contribution in [0.1, 0.15) is 20.3 Å². The zero-order valence-corrected chi connectivity index (χ0v) is 9.28. The molecule has 0 saturated carbocycles. The smallest absolute Gasteiger partial charge is 0.328 e. The van der Waals surface area contributed by atoms with E-state index < -0.39 is 24.1 Å². The third-order valence-electron chi connectivity index (χ3n) is 1.75. The van der Waals surface area contributed by atoms with Crippen molar-refractivity contribution < 1.29 is 19.8 Å². The van der Waals surface area contributed by atoms with E-state index in [9.17, 15) is 9.59 Å². The highest BCUT2D eigenvalue weighted by Crippen LogP contribution is 1.92. The lowest BCUT2D eigenvalue weighted by atomic mass is 10.2. The fourth-order valence-corrected chi connectivity index (χ4v) is 0.944. The molecule has 0 unspecified atom stereocenters. The second-order valence-electron chi connectivity index (χ2n) is 3.13. The summed E-state index contributed by atoms with van der Waals surface area (Å²) in [6.07, 6.45) is -0.658. The van der Waals surface area contributed by atoms with Gasteiger partial charge in [0.25, 0.3) is 0 Å². The van der Waals surface area contributed by atoms with Crippen LogP contribution < -0.4 is 10.6 Å². The molecule has 0 bridgehead atoms. The summed E-state index contributed by atoms with van der Waals surface area (Å²) >= 11 is 0. The van der Waals surface area contributed by atoms with E-state index in [2.05, 4.69) is 22.5 Å². The molecule has 0 radical (unpaired) electrons. The molecule has 6 heteroatoms. The van der Waals surface area contributed by atoms with Crippen LogP contribution in [0.4, 0.5) is 4.79 Å². The molecule has 0 aromatic heterocycles. The van der Waals surface area contributed by atoms with Crippen molar-refractivity contribution in [3.63, 3.8) is 0 Å². The third-order valence-corrected chi connectivity index (χ3v) is 1.75. The van der Waals surface area contributed by atoms with Crippen molar-refractivity contribution in [2.24, 2.45) is 0 Å². The summed E-state index contributed by atoms with van der Waals surface area (Å²) in [7, 11) is 0. The largest absolute Gasteiger partial charge is 0.480 e. The molecule has 4 N–H and O–H groups in total. The Balaban J connectivity index is 3.99. The summed E-state index contributed by atoms with van der Waals surface area (Å²) in [5, 5.41) is 22.3. The van der Waals surface area contributed by atoms with E-state index in [1.54, 1.807) is 6.92 Å². The van der Waals surface area contributed by atoms with Crippen LogP contribution in [0.3, 0.4) is 0 Å². The number of aliphatic carboxylic acids is 1. The monoisotopic (exact) mass is 228 g/mol. The van der Waals surface area contributed by atoms with Crippen LogP contribution in [0, 0.1) is 11.8 Å². The second kappa shape index (κ2) is 7.54. The fourth-order valence-electron chi connectivity index (χ4n) is 0.944. The van der Waals surface area contributed by atoms with E-state index in [1.165, 1.54) is 6.92 Å². The predicted molar refractivity (Wildman–Crippen MR) is 57.7 cm³/mol. The van der Waals surface area contributed by atoms with E-state index in [0.29, 0.717) is 13.0 Å². The number of nitrogens with one attached hydrogen (secondary N) is 2. The van der Waals surface area contributed by atoms with Crippen LogP contribution in [0.25, 0.3) is 0 Å². The number of amides is 2. The van der Waals surface area contributed by atoms with Gasteiger partial charge in [-0.3, -0.25) is 0 Å². The van der Waals surface area contributed by atoms with Crippen molar-refractivity contribution in [1.29, 1.82) is 0 Å². The minimum absolute atomic E-state index is 0.332. The van der Waals surface area contributed by atoms with Crippen LogP contribution in [-0.4, -0.2) is 40.9 Å². The first kappa shape index (κ1) is 14.3. The predicted octanol–water partition coefficient (Wildman–Crippen LogP) is -0.467. The first-order valence-corrected chi connectivity index (χ1v) is 4.84. The zero-order chi connectivity index (χ0) is 12.6. The average molecular weight is 228 g/mol. The van der Waals surface area contributed by atoms with Gasteiger partial charge in [0.15, 0.2) is 6.04 Å². The second-order valence-corrected chi connectivity index (χ2v) is 3.13. The van der Waals surface area contributed by atoms with Gasteiger partial charge in [0.2, 0.25) is 0 Å². The van der Waals surface area contributed by atoms with Crippen molar-refractivity contribution in [3.8, 4) is 11.8 Å². The number of carbonyl (C=O) groups is 2. The third kappa shape index (κ3) is 5.88. The number of hydrogen-bond donors (Lipinski definition) is 4. The first-order chi connectivity index (χ1) is 7.49. The molecular formula is C10H16N2O4. The first-order valence-electron chi connectivity index (χ1n) is 4.84. The Morgan fingerprint density at radius 1 is 1.44 bits per heavy atom. The number of urea groups is 1. The Labute approximate surface area is 94.0 Å². The van der Waals surface area contributed by atoms with Gasteiger partial charge in [-0.15, -0.1) is 11.8 Å². The van der Waals surface area contributed by atoms with Crippen LogP contribution >= 0.6 is 0 Å². The molecule has 0 aromatic carbocycles. The van der Waals surface area contributed by atoms with Crippen molar-refractivity contribution in [2.75, 3.05) is 6.54 Å². The Kier molecular flexibility index (Phi) is 6.72. The highest BCUT2D eigenvalue weighted by molar-refractivity contribution is 5.82. The number of aliphatic hydroxyl groups excluding tert-OH is 1. The van der Waals surface area contributed by atoms with E-state index in [1.807, 2.05) is 0 Å². The number of hydrogen-bond acceptors (Lipinski definition) is 3. The van der Waals surface area contributed by atoms with Crippen LogP contribution in [-0.2, 0) is 4.79 Å². The summed E-state index contributed by atoms with van der Waals surface area (Å²) in [5.74, 6) is 4.13. The molecule has 0 aliphatic rings. The van der Waals surface area contributed by atoms with Gasteiger partial charge < -0.3 is 20.8 Å². The Hall–Kier alpha value is -1.74. The minimum atomic E-state index is -1.31. The lowest BCUT2D eigenvalue weighted by Crippen LogP contribution is -2.51.